The monoisotopic (exact) mass is 454 g/mol. The van der Waals surface area contributed by atoms with Crippen LogP contribution in [-0.4, -0.2) is 19.3 Å². The van der Waals surface area contributed by atoms with E-state index in [4.69, 9.17) is 4.74 Å². The van der Waals surface area contributed by atoms with Crippen LogP contribution in [0, 0.1) is 17.5 Å². The molecule has 0 spiro atoms. The van der Waals surface area contributed by atoms with Crippen molar-refractivity contribution in [1.82, 2.24) is 19.3 Å². The van der Waals surface area contributed by atoms with Crippen LogP contribution < -0.4 is 10.4 Å². The second-order valence-corrected chi connectivity index (χ2v) is 7.01. The molecule has 0 fully saturated rings. The minimum atomic E-state index is -2.88. The molecule has 0 N–H and O–H groups in total. The molecular formula is C19H11F5N4O2S. The van der Waals surface area contributed by atoms with Crippen molar-refractivity contribution < 1.29 is 26.7 Å². The maximum Gasteiger partial charge on any atom is 0.350 e. The van der Waals surface area contributed by atoms with Gasteiger partial charge in [-0.2, -0.15) is 9.78 Å². The van der Waals surface area contributed by atoms with Gasteiger partial charge in [-0.3, -0.25) is 4.57 Å². The molecule has 2 aromatic heterocycles. The van der Waals surface area contributed by atoms with E-state index in [9.17, 15) is 26.7 Å². The number of ether oxygens (including phenoxy) is 1. The van der Waals surface area contributed by atoms with Crippen LogP contribution in [0.25, 0.3) is 5.69 Å². The van der Waals surface area contributed by atoms with Gasteiger partial charge in [-0.25, -0.2) is 31.7 Å². The molecule has 0 aliphatic rings. The van der Waals surface area contributed by atoms with Crippen LogP contribution in [0.15, 0.2) is 53.0 Å². The van der Waals surface area contributed by atoms with Crippen LogP contribution in [0.3, 0.4) is 0 Å². The van der Waals surface area contributed by atoms with Crippen LogP contribution in [-0.2, 0) is 6.54 Å². The fourth-order valence-corrected chi connectivity index (χ4v) is 3.41. The molecule has 0 bridgehead atoms. The van der Waals surface area contributed by atoms with E-state index in [1.165, 1.54) is 12.1 Å². The second kappa shape index (κ2) is 8.30. The second-order valence-electron chi connectivity index (χ2n) is 6.20. The minimum absolute atomic E-state index is 0.000920. The Morgan fingerprint density at radius 2 is 1.81 bits per heavy atom. The molecular weight excluding hydrogens is 443 g/mol. The minimum Gasteiger partial charge on any atom is -0.441 e. The smallest absolute Gasteiger partial charge is 0.350 e. The highest BCUT2D eigenvalue weighted by Gasteiger charge is 2.20. The number of alkyl halides is 2. The predicted molar refractivity (Wildman–Crippen MR) is 100 cm³/mol. The number of benzene rings is 2. The first-order valence-corrected chi connectivity index (χ1v) is 9.49. The number of hydrogen-bond acceptors (Lipinski definition) is 5. The van der Waals surface area contributed by atoms with Crippen molar-refractivity contribution >= 4 is 11.3 Å². The molecule has 2 aromatic carbocycles. The number of nitrogens with zero attached hydrogens (tertiary/aromatic N) is 4. The largest absolute Gasteiger partial charge is 0.441 e. The van der Waals surface area contributed by atoms with E-state index in [-0.39, 0.29) is 22.1 Å². The molecule has 0 unspecified atom stereocenters. The molecule has 4 rings (SSSR count). The van der Waals surface area contributed by atoms with Gasteiger partial charge in [0.2, 0.25) is 5.06 Å². The SMILES string of the molecule is O=c1n(Cc2c(F)cccc2F)cnn1-c1ccc(Oc2scnc2C(F)F)c(F)c1. The van der Waals surface area contributed by atoms with Crippen molar-refractivity contribution in [3.8, 4) is 16.5 Å². The lowest BCUT2D eigenvalue weighted by Gasteiger charge is -2.08. The summed E-state index contributed by atoms with van der Waals surface area (Å²) in [6, 6.07) is 6.66. The highest BCUT2D eigenvalue weighted by Crippen LogP contribution is 2.36. The molecule has 6 nitrogen and oxygen atoms in total. The summed E-state index contributed by atoms with van der Waals surface area (Å²) in [6.07, 6.45) is -1.83. The molecule has 12 heteroatoms. The molecule has 4 aromatic rings. The standard InChI is InChI=1S/C19H11F5N4O2S/c20-12-2-1-3-13(21)11(12)7-27-8-26-28(19(27)29)10-4-5-15(14(22)6-10)30-18-16(17(23)24)25-9-31-18/h1-6,8-9,17H,7H2. The Kier molecular flexibility index (Phi) is 5.55. The quantitative estimate of drug-likeness (QED) is 0.397. The first-order valence-electron chi connectivity index (χ1n) is 8.62. The molecule has 0 atom stereocenters. The number of halogens is 5. The van der Waals surface area contributed by atoms with E-state index in [1.807, 2.05) is 0 Å². The first-order chi connectivity index (χ1) is 14.8. The normalized spacial score (nSPS) is 11.3. The fraction of sp³-hybridized carbons (Fsp3) is 0.105. The molecule has 0 saturated carbocycles. The number of thiazole rings is 1. The van der Waals surface area contributed by atoms with Gasteiger partial charge >= 0.3 is 5.69 Å². The lowest BCUT2D eigenvalue weighted by atomic mass is 10.2. The van der Waals surface area contributed by atoms with Gasteiger partial charge < -0.3 is 4.74 Å². The maximum absolute atomic E-state index is 14.5. The topological polar surface area (TPSA) is 61.9 Å². The number of aromatic nitrogens is 4. The summed E-state index contributed by atoms with van der Waals surface area (Å²) < 4.78 is 74.8. The van der Waals surface area contributed by atoms with Crippen LogP contribution in [0.4, 0.5) is 22.0 Å². The van der Waals surface area contributed by atoms with Crippen LogP contribution in [0.2, 0.25) is 0 Å². The summed E-state index contributed by atoms with van der Waals surface area (Å²) in [5.41, 5.74) is -0.547. The van der Waals surface area contributed by atoms with Crippen molar-refractivity contribution in [2.24, 2.45) is 0 Å². The van der Waals surface area contributed by atoms with Crippen LogP contribution in [0.1, 0.15) is 17.7 Å². The Morgan fingerprint density at radius 1 is 1.06 bits per heavy atom. The Balaban J connectivity index is 1.60. The molecule has 31 heavy (non-hydrogen) atoms. The zero-order valence-electron chi connectivity index (χ0n) is 15.3. The summed E-state index contributed by atoms with van der Waals surface area (Å²) in [7, 11) is 0. The molecule has 0 radical (unpaired) electrons. The van der Waals surface area contributed by atoms with Crippen LogP contribution >= 0.6 is 11.3 Å². The average molecular weight is 454 g/mol. The highest BCUT2D eigenvalue weighted by atomic mass is 32.1. The molecule has 0 aliphatic heterocycles. The summed E-state index contributed by atoms with van der Waals surface area (Å²) in [5, 5.41) is 3.58. The maximum atomic E-state index is 14.5. The van der Waals surface area contributed by atoms with Gasteiger partial charge in [0.25, 0.3) is 6.43 Å². The third-order valence-electron chi connectivity index (χ3n) is 4.25. The van der Waals surface area contributed by atoms with E-state index in [2.05, 4.69) is 10.1 Å². The number of rotatable bonds is 6. The van der Waals surface area contributed by atoms with Crippen molar-refractivity contribution in [3.05, 3.63) is 87.4 Å². The van der Waals surface area contributed by atoms with E-state index in [1.54, 1.807) is 0 Å². The number of hydrogen-bond donors (Lipinski definition) is 0. The molecule has 160 valence electrons. The van der Waals surface area contributed by atoms with Gasteiger partial charge in [0.05, 0.1) is 17.7 Å². The summed E-state index contributed by atoms with van der Waals surface area (Å²) in [4.78, 5) is 16.0. The Labute approximate surface area is 174 Å². The summed E-state index contributed by atoms with van der Waals surface area (Å²) in [6.45, 7) is -0.414. The van der Waals surface area contributed by atoms with Gasteiger partial charge in [-0.05, 0) is 24.3 Å². The molecule has 0 saturated heterocycles. The molecule has 0 amide bonds. The average Bonchev–Trinajstić information content (AvgIpc) is 3.33. The van der Waals surface area contributed by atoms with Gasteiger partial charge in [-0.15, -0.1) is 0 Å². The summed E-state index contributed by atoms with van der Waals surface area (Å²) >= 11 is 0.779. The Hall–Kier alpha value is -3.54. The van der Waals surface area contributed by atoms with Gasteiger partial charge in [0, 0.05) is 11.6 Å². The van der Waals surface area contributed by atoms with E-state index in [0.717, 1.165) is 56.7 Å². The van der Waals surface area contributed by atoms with Crippen molar-refractivity contribution in [1.29, 1.82) is 0 Å². The lowest BCUT2D eigenvalue weighted by Crippen LogP contribution is -2.24. The highest BCUT2D eigenvalue weighted by molar-refractivity contribution is 7.11. The predicted octanol–water partition coefficient (Wildman–Crippen LogP) is 4.69. The van der Waals surface area contributed by atoms with Crippen LogP contribution in [0.5, 0.6) is 10.8 Å². The Morgan fingerprint density at radius 3 is 2.48 bits per heavy atom. The zero-order chi connectivity index (χ0) is 22.1. The van der Waals surface area contributed by atoms with Gasteiger partial charge in [0.15, 0.2) is 17.3 Å². The third kappa shape index (κ3) is 4.06. The van der Waals surface area contributed by atoms with E-state index in [0.29, 0.717) is 0 Å². The third-order valence-corrected chi connectivity index (χ3v) is 4.97. The lowest BCUT2D eigenvalue weighted by molar-refractivity contribution is 0.143. The van der Waals surface area contributed by atoms with Crippen molar-refractivity contribution in [2.75, 3.05) is 0 Å². The van der Waals surface area contributed by atoms with E-state index < -0.39 is 41.8 Å². The molecule has 0 aliphatic carbocycles. The van der Waals surface area contributed by atoms with Crippen molar-refractivity contribution in [2.45, 2.75) is 13.0 Å². The first kappa shape index (κ1) is 20.7. The zero-order valence-corrected chi connectivity index (χ0v) is 16.1. The Bertz CT molecular complexity index is 1280. The fourth-order valence-electron chi connectivity index (χ4n) is 2.74. The van der Waals surface area contributed by atoms with Gasteiger partial charge in [0.1, 0.15) is 18.0 Å². The van der Waals surface area contributed by atoms with E-state index >= 15 is 0 Å². The summed E-state index contributed by atoms with van der Waals surface area (Å²) in [5.74, 6) is -2.93. The molecule has 2 heterocycles. The van der Waals surface area contributed by atoms with Gasteiger partial charge in [-0.1, -0.05) is 17.4 Å². The van der Waals surface area contributed by atoms with Crippen molar-refractivity contribution in [3.63, 3.8) is 0 Å².